The van der Waals surface area contributed by atoms with Crippen LogP contribution < -0.4 is 5.32 Å². The summed E-state index contributed by atoms with van der Waals surface area (Å²) in [5.74, 6) is -0.132. The van der Waals surface area contributed by atoms with Gasteiger partial charge >= 0.3 is 6.09 Å². The normalized spacial score (nSPS) is 15.5. The van der Waals surface area contributed by atoms with Crippen LogP contribution in [0, 0.1) is 0 Å². The molecule has 2 amide bonds. The second-order valence-electron chi connectivity index (χ2n) is 5.06. The molecule has 1 aromatic rings. The highest BCUT2D eigenvalue weighted by atomic mass is 79.9. The molecule has 120 valence electrons. The van der Waals surface area contributed by atoms with E-state index in [1.54, 1.807) is 30.0 Å². The van der Waals surface area contributed by atoms with Gasteiger partial charge in [0.25, 0.3) is 5.91 Å². The van der Waals surface area contributed by atoms with Gasteiger partial charge in [0, 0.05) is 29.2 Å². The van der Waals surface area contributed by atoms with Crippen LogP contribution in [0.3, 0.4) is 0 Å². The summed E-state index contributed by atoms with van der Waals surface area (Å²) in [6.45, 7) is 3.35. The van der Waals surface area contributed by atoms with E-state index in [0.717, 1.165) is 12.8 Å². The third kappa shape index (κ3) is 4.36. The summed E-state index contributed by atoms with van der Waals surface area (Å²) in [6, 6.07) is 5.14. The Morgan fingerprint density at radius 2 is 2.09 bits per heavy atom. The van der Waals surface area contributed by atoms with Crippen molar-refractivity contribution < 1.29 is 14.3 Å². The molecular weight excluding hydrogens is 372 g/mol. The molecule has 0 radical (unpaired) electrons. The molecule has 1 aliphatic heterocycles. The van der Waals surface area contributed by atoms with E-state index in [1.807, 2.05) is 0 Å². The Labute approximate surface area is 143 Å². The van der Waals surface area contributed by atoms with Crippen molar-refractivity contribution in [2.75, 3.05) is 19.7 Å². The molecule has 1 fully saturated rings. The van der Waals surface area contributed by atoms with Crippen LogP contribution in [-0.2, 0) is 4.74 Å². The molecule has 0 saturated carbocycles. The van der Waals surface area contributed by atoms with Crippen LogP contribution >= 0.6 is 27.5 Å². The first-order chi connectivity index (χ1) is 10.5. The average molecular weight is 390 g/mol. The number of piperidine rings is 1. The lowest BCUT2D eigenvalue weighted by atomic mass is 10.0. The Hall–Kier alpha value is -1.27. The summed E-state index contributed by atoms with van der Waals surface area (Å²) in [5, 5.41) is 3.56. The number of halogens is 2. The minimum atomic E-state index is -0.283. The van der Waals surface area contributed by atoms with Gasteiger partial charge in [-0.2, -0.15) is 0 Å². The van der Waals surface area contributed by atoms with Gasteiger partial charge in [-0.25, -0.2) is 4.79 Å². The van der Waals surface area contributed by atoms with E-state index >= 15 is 0 Å². The van der Waals surface area contributed by atoms with E-state index in [1.165, 1.54) is 0 Å². The Balaban J connectivity index is 1.86. The number of likely N-dealkylation sites (tertiary alicyclic amines) is 1. The summed E-state index contributed by atoms with van der Waals surface area (Å²) in [5.41, 5.74) is 0.559. The molecule has 0 bridgehead atoms. The molecular formula is C15H18BrClN2O3. The van der Waals surface area contributed by atoms with Crippen molar-refractivity contribution in [1.29, 1.82) is 0 Å². The van der Waals surface area contributed by atoms with Gasteiger partial charge in [0.15, 0.2) is 0 Å². The van der Waals surface area contributed by atoms with E-state index in [2.05, 4.69) is 21.2 Å². The summed E-state index contributed by atoms with van der Waals surface area (Å²) in [6.07, 6.45) is 1.16. The van der Waals surface area contributed by atoms with Crippen LogP contribution in [0.2, 0.25) is 5.02 Å². The molecule has 0 aliphatic carbocycles. The molecule has 7 heteroatoms. The fraction of sp³-hybridized carbons (Fsp3) is 0.467. The van der Waals surface area contributed by atoms with Crippen molar-refractivity contribution >= 4 is 39.5 Å². The number of carbonyl (C=O) groups is 2. The number of hydrogen-bond donors (Lipinski definition) is 1. The molecule has 1 saturated heterocycles. The molecule has 0 atom stereocenters. The van der Waals surface area contributed by atoms with Crippen LogP contribution in [0.5, 0.6) is 0 Å². The minimum Gasteiger partial charge on any atom is -0.450 e. The van der Waals surface area contributed by atoms with E-state index in [0.29, 0.717) is 34.8 Å². The Morgan fingerprint density at radius 1 is 1.41 bits per heavy atom. The summed E-state index contributed by atoms with van der Waals surface area (Å²) >= 11 is 9.23. The van der Waals surface area contributed by atoms with E-state index in [-0.39, 0.29) is 18.0 Å². The van der Waals surface area contributed by atoms with Crippen molar-refractivity contribution in [2.24, 2.45) is 0 Å². The lowest BCUT2D eigenvalue weighted by Gasteiger charge is -2.31. The van der Waals surface area contributed by atoms with Crippen molar-refractivity contribution in [3.63, 3.8) is 0 Å². The largest absolute Gasteiger partial charge is 0.450 e. The minimum absolute atomic E-state index is 0.0626. The van der Waals surface area contributed by atoms with Crippen molar-refractivity contribution in [1.82, 2.24) is 10.2 Å². The SMILES string of the molecule is CCOC(=O)N1CCC(NC(=O)c2ccc(Cl)c(Br)c2)CC1. The fourth-order valence-corrected chi connectivity index (χ4v) is 2.82. The summed E-state index contributed by atoms with van der Waals surface area (Å²) in [7, 11) is 0. The van der Waals surface area contributed by atoms with Gasteiger partial charge in [-0.15, -0.1) is 0 Å². The quantitative estimate of drug-likeness (QED) is 0.861. The van der Waals surface area contributed by atoms with Gasteiger partial charge < -0.3 is 15.0 Å². The second-order valence-corrected chi connectivity index (χ2v) is 6.32. The monoisotopic (exact) mass is 388 g/mol. The molecule has 1 N–H and O–H groups in total. The Kier molecular flexibility index (Phi) is 6.08. The number of carbonyl (C=O) groups excluding carboxylic acids is 2. The smallest absolute Gasteiger partial charge is 0.409 e. The first kappa shape index (κ1) is 17.1. The second kappa shape index (κ2) is 7.83. The van der Waals surface area contributed by atoms with E-state index in [9.17, 15) is 9.59 Å². The third-order valence-electron chi connectivity index (χ3n) is 3.54. The van der Waals surface area contributed by atoms with Crippen LogP contribution in [0.15, 0.2) is 22.7 Å². The van der Waals surface area contributed by atoms with Gasteiger partial charge in [0.05, 0.1) is 11.6 Å². The molecule has 0 aromatic heterocycles. The standard InChI is InChI=1S/C15H18BrClN2O3/c1-2-22-15(21)19-7-5-11(6-8-19)18-14(20)10-3-4-13(17)12(16)9-10/h3-4,9,11H,2,5-8H2,1H3,(H,18,20). The predicted octanol–water partition coefficient (Wildman–Crippen LogP) is 3.45. The molecule has 1 aromatic carbocycles. The van der Waals surface area contributed by atoms with Gasteiger partial charge in [0.1, 0.15) is 0 Å². The molecule has 22 heavy (non-hydrogen) atoms. The highest BCUT2D eigenvalue weighted by Gasteiger charge is 2.24. The Morgan fingerprint density at radius 3 is 2.68 bits per heavy atom. The summed E-state index contributed by atoms with van der Waals surface area (Å²) in [4.78, 5) is 25.5. The molecule has 0 unspecified atom stereocenters. The molecule has 0 spiro atoms. The molecule has 1 heterocycles. The summed E-state index contributed by atoms with van der Waals surface area (Å²) < 4.78 is 5.67. The maximum atomic E-state index is 12.2. The van der Waals surface area contributed by atoms with Gasteiger partial charge in [0.2, 0.25) is 0 Å². The topological polar surface area (TPSA) is 58.6 Å². The van der Waals surface area contributed by atoms with Crippen molar-refractivity contribution in [3.8, 4) is 0 Å². The third-order valence-corrected chi connectivity index (χ3v) is 4.75. The molecule has 2 rings (SSSR count). The van der Waals surface area contributed by atoms with E-state index < -0.39 is 0 Å². The van der Waals surface area contributed by atoms with Crippen LogP contribution in [0.4, 0.5) is 4.79 Å². The zero-order valence-corrected chi connectivity index (χ0v) is 14.6. The number of hydrogen-bond acceptors (Lipinski definition) is 3. The van der Waals surface area contributed by atoms with Gasteiger partial charge in [-0.05, 0) is 53.9 Å². The number of rotatable bonds is 3. The zero-order chi connectivity index (χ0) is 16.1. The van der Waals surface area contributed by atoms with Crippen molar-refractivity contribution in [3.05, 3.63) is 33.3 Å². The Bertz CT molecular complexity index is 560. The van der Waals surface area contributed by atoms with Crippen molar-refractivity contribution in [2.45, 2.75) is 25.8 Å². The maximum Gasteiger partial charge on any atom is 0.409 e. The van der Waals surface area contributed by atoms with Gasteiger partial charge in [-0.1, -0.05) is 11.6 Å². The number of amides is 2. The fourth-order valence-electron chi connectivity index (χ4n) is 2.33. The number of nitrogens with one attached hydrogen (secondary N) is 1. The lowest BCUT2D eigenvalue weighted by Crippen LogP contribution is -2.46. The number of benzene rings is 1. The van der Waals surface area contributed by atoms with Crippen LogP contribution in [0.25, 0.3) is 0 Å². The van der Waals surface area contributed by atoms with Gasteiger partial charge in [-0.3, -0.25) is 4.79 Å². The molecule has 1 aliphatic rings. The predicted molar refractivity (Wildman–Crippen MR) is 88.2 cm³/mol. The lowest BCUT2D eigenvalue weighted by molar-refractivity contribution is 0.0860. The first-order valence-electron chi connectivity index (χ1n) is 7.19. The highest BCUT2D eigenvalue weighted by Crippen LogP contribution is 2.23. The van der Waals surface area contributed by atoms with Crippen LogP contribution in [0.1, 0.15) is 30.1 Å². The highest BCUT2D eigenvalue weighted by molar-refractivity contribution is 9.10. The first-order valence-corrected chi connectivity index (χ1v) is 8.36. The zero-order valence-electron chi connectivity index (χ0n) is 12.3. The van der Waals surface area contributed by atoms with E-state index in [4.69, 9.17) is 16.3 Å². The number of nitrogens with zero attached hydrogens (tertiary/aromatic N) is 1. The average Bonchev–Trinajstić information content (AvgIpc) is 2.51. The maximum absolute atomic E-state index is 12.2. The number of ether oxygens (including phenoxy) is 1. The molecule has 5 nitrogen and oxygen atoms in total. The van der Waals surface area contributed by atoms with Crippen LogP contribution in [-0.4, -0.2) is 42.6 Å².